The minimum absolute atomic E-state index is 0.0607. The van der Waals surface area contributed by atoms with Gasteiger partial charge in [0, 0.05) is 6.07 Å². The van der Waals surface area contributed by atoms with Crippen molar-refractivity contribution in [1.82, 2.24) is 5.16 Å². The molecule has 0 atom stereocenters. The van der Waals surface area contributed by atoms with E-state index in [-0.39, 0.29) is 16.7 Å². The Morgan fingerprint density at radius 1 is 1.50 bits per heavy atom. The molecule has 3 N–H and O–H groups in total. The summed E-state index contributed by atoms with van der Waals surface area (Å²) in [5, 5.41) is 2.34. The summed E-state index contributed by atoms with van der Waals surface area (Å²) in [5.41, 5.74) is 4.95. The molecule has 0 radical (unpaired) electrons. The van der Waals surface area contributed by atoms with Gasteiger partial charge in [0.05, 0.1) is 11.1 Å². The average Bonchev–Trinajstić information content (AvgIpc) is 2.35. The fourth-order valence-corrected chi connectivity index (χ4v) is 0.990. The van der Waals surface area contributed by atoms with Crippen molar-refractivity contribution >= 4 is 16.7 Å². The van der Waals surface area contributed by atoms with Crippen LogP contribution in [0.15, 0.2) is 21.5 Å². The Kier molecular flexibility index (Phi) is 1.21. The number of anilines is 1. The molecule has 1 aromatic heterocycles. The van der Waals surface area contributed by atoms with Gasteiger partial charge >= 0.3 is 0 Å². The van der Waals surface area contributed by atoms with Crippen LogP contribution >= 0.6 is 0 Å². The Labute approximate surface area is 65.7 Å². The maximum Gasteiger partial charge on any atom is 0.287 e. The molecule has 0 amide bonds. The summed E-state index contributed by atoms with van der Waals surface area (Å²) in [7, 11) is 0. The van der Waals surface area contributed by atoms with Crippen LogP contribution in [0.4, 0.5) is 10.1 Å². The predicted molar refractivity (Wildman–Crippen MR) is 41.2 cm³/mol. The van der Waals surface area contributed by atoms with Gasteiger partial charge in [-0.15, -0.1) is 0 Å². The Bertz CT molecular complexity index is 486. The van der Waals surface area contributed by atoms with E-state index in [0.29, 0.717) is 0 Å². The van der Waals surface area contributed by atoms with E-state index in [0.717, 1.165) is 6.07 Å². The Morgan fingerprint density at radius 2 is 2.25 bits per heavy atom. The van der Waals surface area contributed by atoms with E-state index in [9.17, 15) is 9.18 Å². The quantitative estimate of drug-likeness (QED) is 0.572. The van der Waals surface area contributed by atoms with E-state index in [1.165, 1.54) is 6.07 Å². The molecule has 12 heavy (non-hydrogen) atoms. The van der Waals surface area contributed by atoms with Crippen LogP contribution in [0, 0.1) is 5.82 Å². The first-order valence-corrected chi connectivity index (χ1v) is 3.24. The maximum absolute atomic E-state index is 12.8. The van der Waals surface area contributed by atoms with Crippen molar-refractivity contribution in [2.24, 2.45) is 0 Å². The smallest absolute Gasteiger partial charge is 0.287 e. The monoisotopic (exact) mass is 168 g/mol. The minimum atomic E-state index is -0.592. The molecule has 0 aliphatic heterocycles. The second-order valence-corrected chi connectivity index (χ2v) is 2.40. The number of benzene rings is 1. The summed E-state index contributed by atoms with van der Waals surface area (Å²) in [6.07, 6.45) is 0. The van der Waals surface area contributed by atoms with Gasteiger partial charge in [-0.25, -0.2) is 4.39 Å². The van der Waals surface area contributed by atoms with Gasteiger partial charge in [-0.3, -0.25) is 4.79 Å². The van der Waals surface area contributed by atoms with Gasteiger partial charge in [-0.2, -0.15) is 5.16 Å². The number of nitrogen functional groups attached to an aromatic ring is 1. The number of H-pyrrole nitrogens is 1. The summed E-state index contributed by atoms with van der Waals surface area (Å²) in [5.74, 6) is -0.592. The Morgan fingerprint density at radius 3 is 3.00 bits per heavy atom. The van der Waals surface area contributed by atoms with E-state index in [2.05, 4.69) is 9.68 Å². The van der Waals surface area contributed by atoms with Crippen molar-refractivity contribution in [2.45, 2.75) is 0 Å². The van der Waals surface area contributed by atoms with Crippen molar-refractivity contribution in [3.8, 4) is 0 Å². The highest BCUT2D eigenvalue weighted by Crippen LogP contribution is 2.17. The molecular weight excluding hydrogens is 163 g/mol. The van der Waals surface area contributed by atoms with E-state index < -0.39 is 11.4 Å². The largest absolute Gasteiger partial charge is 0.396 e. The molecular formula is C7H5FN2O2. The van der Waals surface area contributed by atoms with E-state index in [4.69, 9.17) is 5.73 Å². The first kappa shape index (κ1) is 6.90. The zero-order valence-corrected chi connectivity index (χ0v) is 5.93. The van der Waals surface area contributed by atoms with Gasteiger partial charge in [0.2, 0.25) is 0 Å². The lowest BCUT2D eigenvalue weighted by Crippen LogP contribution is -1.98. The third kappa shape index (κ3) is 0.795. The lowest BCUT2D eigenvalue weighted by atomic mass is 10.2. The fraction of sp³-hybridized carbons (Fsp3) is 0. The number of nitrogens with one attached hydrogen (secondary N) is 1. The van der Waals surface area contributed by atoms with Gasteiger partial charge in [0.25, 0.3) is 5.56 Å². The molecule has 0 fully saturated rings. The third-order valence-electron chi connectivity index (χ3n) is 1.60. The molecule has 2 aromatic rings. The summed E-state index contributed by atoms with van der Waals surface area (Å²) in [6, 6.07) is 2.32. The van der Waals surface area contributed by atoms with Crippen molar-refractivity contribution in [3.63, 3.8) is 0 Å². The molecule has 0 spiro atoms. The molecule has 0 bridgehead atoms. The molecule has 0 unspecified atom stereocenters. The zero-order chi connectivity index (χ0) is 8.72. The summed E-state index contributed by atoms with van der Waals surface area (Å²) >= 11 is 0. The van der Waals surface area contributed by atoms with Crippen molar-refractivity contribution in [2.75, 3.05) is 5.73 Å². The van der Waals surface area contributed by atoms with Crippen LogP contribution in [0.3, 0.4) is 0 Å². The van der Waals surface area contributed by atoms with Crippen molar-refractivity contribution in [3.05, 3.63) is 28.3 Å². The number of aromatic nitrogens is 1. The summed E-state index contributed by atoms with van der Waals surface area (Å²) in [4.78, 5) is 10.9. The normalized spacial score (nSPS) is 10.8. The van der Waals surface area contributed by atoms with Crippen LogP contribution in [0.2, 0.25) is 0 Å². The zero-order valence-electron chi connectivity index (χ0n) is 5.93. The molecule has 5 heteroatoms. The standard InChI is InChI=1S/C7H5FN2O2/c8-4-2-6-3(1-5(4)9)7(11)10-12-6/h1-2H,9H2,(H,10,11). The second kappa shape index (κ2) is 2.10. The molecule has 62 valence electrons. The first-order valence-electron chi connectivity index (χ1n) is 3.24. The van der Waals surface area contributed by atoms with E-state index in [1.54, 1.807) is 0 Å². The highest BCUT2D eigenvalue weighted by Gasteiger charge is 2.07. The number of halogens is 1. The molecule has 0 aliphatic rings. The lowest BCUT2D eigenvalue weighted by molar-refractivity contribution is 0.447. The second-order valence-electron chi connectivity index (χ2n) is 2.40. The number of fused-ring (bicyclic) bond motifs is 1. The van der Waals surface area contributed by atoms with Crippen LogP contribution < -0.4 is 11.3 Å². The van der Waals surface area contributed by atoms with Crippen molar-refractivity contribution in [1.29, 1.82) is 0 Å². The third-order valence-corrected chi connectivity index (χ3v) is 1.60. The number of nitrogens with two attached hydrogens (primary N) is 1. The topological polar surface area (TPSA) is 72.0 Å². The SMILES string of the molecule is Nc1cc2c(=O)[nH]oc2cc1F. The van der Waals surface area contributed by atoms with Crippen LogP contribution in [-0.4, -0.2) is 5.16 Å². The number of hydrogen-bond acceptors (Lipinski definition) is 3. The Balaban J connectivity index is 2.97. The van der Waals surface area contributed by atoms with E-state index >= 15 is 0 Å². The molecule has 0 aliphatic carbocycles. The summed E-state index contributed by atoms with van der Waals surface area (Å²) < 4.78 is 17.4. The Hall–Kier alpha value is -1.78. The van der Waals surface area contributed by atoms with E-state index in [1.807, 2.05) is 0 Å². The molecule has 1 heterocycles. The van der Waals surface area contributed by atoms with Crippen LogP contribution in [-0.2, 0) is 0 Å². The molecule has 1 aromatic carbocycles. The average molecular weight is 168 g/mol. The van der Waals surface area contributed by atoms with Crippen LogP contribution in [0.25, 0.3) is 11.0 Å². The molecule has 0 saturated heterocycles. The molecule has 4 nitrogen and oxygen atoms in total. The minimum Gasteiger partial charge on any atom is -0.396 e. The fourth-order valence-electron chi connectivity index (χ4n) is 0.990. The highest BCUT2D eigenvalue weighted by molar-refractivity contribution is 5.79. The van der Waals surface area contributed by atoms with Crippen molar-refractivity contribution < 1.29 is 8.91 Å². The number of rotatable bonds is 0. The predicted octanol–water partition coefficient (Wildman–Crippen LogP) is 0.842. The van der Waals surface area contributed by atoms with Gasteiger partial charge in [-0.1, -0.05) is 0 Å². The van der Waals surface area contributed by atoms with Gasteiger partial charge < -0.3 is 10.3 Å². The first-order chi connectivity index (χ1) is 5.68. The van der Waals surface area contributed by atoms with Gasteiger partial charge in [0.1, 0.15) is 5.82 Å². The molecule has 0 saturated carbocycles. The molecule has 2 rings (SSSR count). The lowest BCUT2D eigenvalue weighted by Gasteiger charge is -1.92. The number of hydrogen-bond donors (Lipinski definition) is 2. The highest BCUT2D eigenvalue weighted by atomic mass is 19.1. The van der Waals surface area contributed by atoms with Crippen LogP contribution in [0.1, 0.15) is 0 Å². The summed E-state index contributed by atoms with van der Waals surface area (Å²) in [6.45, 7) is 0. The van der Waals surface area contributed by atoms with Gasteiger partial charge in [0.15, 0.2) is 5.58 Å². The maximum atomic E-state index is 12.8. The van der Waals surface area contributed by atoms with Crippen LogP contribution in [0.5, 0.6) is 0 Å². The van der Waals surface area contributed by atoms with Gasteiger partial charge in [-0.05, 0) is 6.07 Å². The number of aromatic amines is 1.